The van der Waals surface area contributed by atoms with Crippen molar-refractivity contribution in [3.05, 3.63) is 88.6 Å². The number of rotatable bonds is 7. The first-order chi connectivity index (χ1) is 14.8. The molecule has 3 rings (SSSR count). The van der Waals surface area contributed by atoms with Crippen LogP contribution in [0.15, 0.2) is 66.7 Å². The number of pyridine rings is 1. The van der Waals surface area contributed by atoms with E-state index in [1.165, 1.54) is 5.56 Å². The van der Waals surface area contributed by atoms with Crippen LogP contribution in [-0.2, 0) is 17.6 Å². The molecular formula is C25H27ClN2O3. The quantitative estimate of drug-likeness (QED) is 0.470. The van der Waals surface area contributed by atoms with Crippen molar-refractivity contribution in [1.29, 1.82) is 0 Å². The Hall–Kier alpha value is -3.05. The van der Waals surface area contributed by atoms with Crippen LogP contribution >= 0.6 is 11.6 Å². The van der Waals surface area contributed by atoms with Gasteiger partial charge in [-0.2, -0.15) is 0 Å². The van der Waals surface area contributed by atoms with Crippen LogP contribution in [0, 0.1) is 0 Å². The lowest BCUT2D eigenvalue weighted by Crippen LogP contribution is -2.27. The molecule has 0 fully saturated rings. The largest absolute Gasteiger partial charge is 0.493 e. The summed E-state index contributed by atoms with van der Waals surface area (Å²) in [5, 5.41) is 3.31. The molecule has 1 aromatic heterocycles. The summed E-state index contributed by atoms with van der Waals surface area (Å²) in [7, 11) is 0. The first kappa shape index (κ1) is 22.6. The van der Waals surface area contributed by atoms with Crippen LogP contribution in [0.5, 0.6) is 5.75 Å². The molecule has 0 aliphatic rings. The lowest BCUT2D eigenvalue weighted by Gasteiger charge is -2.19. The second-order valence-electron chi connectivity index (χ2n) is 8.15. The molecule has 162 valence electrons. The fourth-order valence-electron chi connectivity index (χ4n) is 3.00. The highest BCUT2D eigenvalue weighted by Crippen LogP contribution is 2.26. The number of amides is 1. The van der Waals surface area contributed by atoms with E-state index in [0.717, 1.165) is 23.4 Å². The Morgan fingerprint density at radius 1 is 1.03 bits per heavy atom. The predicted octanol–water partition coefficient (Wildman–Crippen LogP) is 6.29. The van der Waals surface area contributed by atoms with Crippen molar-refractivity contribution in [2.45, 2.75) is 39.2 Å². The molecule has 0 aliphatic heterocycles. The van der Waals surface area contributed by atoms with Crippen LogP contribution in [0.25, 0.3) is 0 Å². The Balaban J connectivity index is 1.67. The number of aromatic nitrogens is 1. The molecule has 31 heavy (non-hydrogen) atoms. The maximum Gasteiger partial charge on any atom is 0.413 e. The zero-order valence-corrected chi connectivity index (χ0v) is 18.8. The maximum atomic E-state index is 12.0. The van der Waals surface area contributed by atoms with Gasteiger partial charge in [-0.15, -0.1) is 0 Å². The van der Waals surface area contributed by atoms with Gasteiger partial charge >= 0.3 is 6.09 Å². The molecule has 6 heteroatoms. The molecule has 1 heterocycles. The average Bonchev–Trinajstić information content (AvgIpc) is 2.69. The Labute approximate surface area is 188 Å². The third-order valence-electron chi connectivity index (χ3n) is 4.32. The van der Waals surface area contributed by atoms with E-state index in [-0.39, 0.29) is 0 Å². The highest BCUT2D eigenvalue weighted by atomic mass is 35.5. The average molecular weight is 439 g/mol. The van der Waals surface area contributed by atoms with Gasteiger partial charge in [-0.3, -0.25) is 5.32 Å². The van der Waals surface area contributed by atoms with Crippen LogP contribution in [0.3, 0.4) is 0 Å². The van der Waals surface area contributed by atoms with Gasteiger partial charge in [0.25, 0.3) is 0 Å². The Bertz CT molecular complexity index is 1020. The highest BCUT2D eigenvalue weighted by Gasteiger charge is 2.16. The standard InChI is InChI=1S/C25H27ClN2O3/c1-25(2,3)31-24(29)28-23-11-7-10-21(27-23)17-19-16-20(26)12-13-22(19)30-15-14-18-8-5-4-6-9-18/h4-13,16H,14-15,17H2,1-3H3,(H,27,28,29). The van der Waals surface area contributed by atoms with Crippen molar-refractivity contribution in [3.8, 4) is 5.75 Å². The number of anilines is 1. The number of nitrogens with zero attached hydrogens (tertiary/aromatic N) is 1. The van der Waals surface area contributed by atoms with Crippen LogP contribution in [0.2, 0.25) is 5.02 Å². The molecule has 0 atom stereocenters. The van der Waals surface area contributed by atoms with Gasteiger partial charge in [0, 0.05) is 29.1 Å². The molecule has 0 saturated heterocycles. The predicted molar refractivity (Wildman–Crippen MR) is 124 cm³/mol. The van der Waals surface area contributed by atoms with E-state index in [1.54, 1.807) is 6.07 Å². The maximum absolute atomic E-state index is 12.0. The molecule has 5 nitrogen and oxygen atoms in total. The second-order valence-corrected chi connectivity index (χ2v) is 8.59. The number of hydrogen-bond acceptors (Lipinski definition) is 4. The van der Waals surface area contributed by atoms with E-state index in [1.807, 2.05) is 69.3 Å². The van der Waals surface area contributed by atoms with E-state index < -0.39 is 11.7 Å². The zero-order chi connectivity index (χ0) is 22.3. The molecule has 0 bridgehead atoms. The number of hydrogen-bond donors (Lipinski definition) is 1. The summed E-state index contributed by atoms with van der Waals surface area (Å²) in [5.41, 5.74) is 2.36. The first-order valence-corrected chi connectivity index (χ1v) is 10.6. The van der Waals surface area contributed by atoms with Crippen molar-refractivity contribution >= 4 is 23.5 Å². The highest BCUT2D eigenvalue weighted by molar-refractivity contribution is 6.30. The smallest absolute Gasteiger partial charge is 0.413 e. The van der Waals surface area contributed by atoms with Crippen molar-refractivity contribution in [1.82, 2.24) is 4.98 Å². The van der Waals surface area contributed by atoms with E-state index >= 15 is 0 Å². The summed E-state index contributed by atoms with van der Waals surface area (Å²) in [4.78, 5) is 16.5. The van der Waals surface area contributed by atoms with Crippen LogP contribution < -0.4 is 10.1 Å². The Morgan fingerprint density at radius 2 is 1.81 bits per heavy atom. The summed E-state index contributed by atoms with van der Waals surface area (Å²) in [6.07, 6.45) is 0.798. The van der Waals surface area contributed by atoms with Crippen molar-refractivity contribution < 1.29 is 14.3 Å². The third kappa shape index (κ3) is 7.61. The molecule has 1 N–H and O–H groups in total. The van der Waals surface area contributed by atoms with Gasteiger partial charge in [-0.1, -0.05) is 48.0 Å². The van der Waals surface area contributed by atoms with Gasteiger partial charge < -0.3 is 9.47 Å². The molecular weight excluding hydrogens is 412 g/mol. The Morgan fingerprint density at radius 3 is 2.55 bits per heavy atom. The van der Waals surface area contributed by atoms with Crippen LogP contribution in [0.1, 0.15) is 37.6 Å². The molecule has 2 aromatic carbocycles. The van der Waals surface area contributed by atoms with Crippen molar-refractivity contribution in [3.63, 3.8) is 0 Å². The topological polar surface area (TPSA) is 60.5 Å². The summed E-state index contributed by atoms with van der Waals surface area (Å²) in [6, 6.07) is 21.3. The minimum absolute atomic E-state index is 0.431. The number of halogens is 1. The minimum atomic E-state index is -0.575. The van der Waals surface area contributed by atoms with Gasteiger partial charge in [0.1, 0.15) is 17.2 Å². The number of carbonyl (C=O) groups is 1. The number of nitrogens with one attached hydrogen (secondary N) is 1. The van der Waals surface area contributed by atoms with Gasteiger partial charge in [0.2, 0.25) is 0 Å². The van der Waals surface area contributed by atoms with Crippen LogP contribution in [-0.4, -0.2) is 23.3 Å². The lowest BCUT2D eigenvalue weighted by atomic mass is 10.1. The van der Waals surface area contributed by atoms with E-state index in [2.05, 4.69) is 22.4 Å². The monoisotopic (exact) mass is 438 g/mol. The van der Waals surface area contributed by atoms with E-state index in [0.29, 0.717) is 23.9 Å². The van der Waals surface area contributed by atoms with Gasteiger partial charge in [0.15, 0.2) is 0 Å². The summed E-state index contributed by atoms with van der Waals surface area (Å²) in [6.45, 7) is 6.00. The molecule has 0 aliphatic carbocycles. The van der Waals surface area contributed by atoms with Crippen molar-refractivity contribution in [2.75, 3.05) is 11.9 Å². The first-order valence-electron chi connectivity index (χ1n) is 10.2. The Kier molecular flexibility index (Phi) is 7.53. The SMILES string of the molecule is CC(C)(C)OC(=O)Nc1cccc(Cc2cc(Cl)ccc2OCCc2ccccc2)n1. The van der Waals surface area contributed by atoms with E-state index in [4.69, 9.17) is 21.1 Å². The van der Waals surface area contributed by atoms with Gasteiger partial charge in [0.05, 0.1) is 6.61 Å². The van der Waals surface area contributed by atoms with Crippen molar-refractivity contribution in [2.24, 2.45) is 0 Å². The molecule has 1 amide bonds. The summed E-state index contributed by atoms with van der Waals surface area (Å²) < 4.78 is 11.3. The zero-order valence-electron chi connectivity index (χ0n) is 18.0. The second kappa shape index (κ2) is 10.3. The molecule has 0 radical (unpaired) electrons. The fourth-order valence-corrected chi connectivity index (χ4v) is 3.20. The molecule has 0 spiro atoms. The molecule has 0 unspecified atom stereocenters. The normalized spacial score (nSPS) is 11.1. The van der Waals surface area contributed by atoms with E-state index in [9.17, 15) is 4.79 Å². The van der Waals surface area contributed by atoms with Gasteiger partial charge in [-0.25, -0.2) is 9.78 Å². The van der Waals surface area contributed by atoms with Crippen LogP contribution in [0.4, 0.5) is 10.6 Å². The number of ether oxygens (including phenoxy) is 2. The summed E-state index contributed by atoms with van der Waals surface area (Å²) in [5.74, 6) is 1.20. The third-order valence-corrected chi connectivity index (χ3v) is 4.56. The number of benzene rings is 2. The van der Waals surface area contributed by atoms with Gasteiger partial charge in [-0.05, 0) is 56.7 Å². The number of carbonyl (C=O) groups excluding carboxylic acids is 1. The lowest BCUT2D eigenvalue weighted by molar-refractivity contribution is 0.0635. The minimum Gasteiger partial charge on any atom is -0.493 e. The summed E-state index contributed by atoms with van der Waals surface area (Å²) >= 11 is 6.23. The fraction of sp³-hybridized carbons (Fsp3) is 0.280. The molecule has 0 saturated carbocycles. The molecule has 3 aromatic rings.